The van der Waals surface area contributed by atoms with Crippen LogP contribution in [0.4, 0.5) is 0 Å². The third-order valence-corrected chi connectivity index (χ3v) is 7.24. The summed E-state index contributed by atoms with van der Waals surface area (Å²) < 4.78 is 8.02. The van der Waals surface area contributed by atoms with Gasteiger partial charge >= 0.3 is 0 Å². The molecule has 0 amide bonds. The van der Waals surface area contributed by atoms with Gasteiger partial charge in [0.2, 0.25) is 0 Å². The summed E-state index contributed by atoms with van der Waals surface area (Å²) in [6.07, 6.45) is 0. The van der Waals surface area contributed by atoms with Crippen molar-refractivity contribution in [3.8, 4) is 17.1 Å². The van der Waals surface area contributed by atoms with Gasteiger partial charge in [0.15, 0.2) is 0 Å². The van der Waals surface area contributed by atoms with Crippen LogP contribution in [0.5, 0.6) is 5.75 Å². The van der Waals surface area contributed by atoms with E-state index in [0.29, 0.717) is 17.8 Å². The molecular weight excluding hydrogens is 598 g/mol. The summed E-state index contributed by atoms with van der Waals surface area (Å²) in [5.41, 5.74) is 2.92. The Bertz CT molecular complexity index is 1210. The summed E-state index contributed by atoms with van der Waals surface area (Å²) in [6, 6.07) is 14.1. The molecular formula is C21H16I2N2O2S. The van der Waals surface area contributed by atoms with Gasteiger partial charge in [-0.15, -0.1) is 11.3 Å². The van der Waals surface area contributed by atoms with E-state index in [1.807, 2.05) is 56.3 Å². The molecule has 28 heavy (non-hydrogen) atoms. The standard InChI is InChI=1S/C21H16I2N2O2S/c1-11-12(2)28-21-17(11)20(26)24-19(25-21)14-8-15(22)18(16(23)9-14)27-10-13-6-4-3-5-7-13/h3-9H,10H2,1-2H3,(H,24,25,26). The molecule has 1 N–H and O–H groups in total. The molecule has 2 heterocycles. The van der Waals surface area contributed by atoms with Crippen LogP contribution in [0.1, 0.15) is 16.0 Å². The van der Waals surface area contributed by atoms with Crippen LogP contribution in [0.15, 0.2) is 47.3 Å². The zero-order valence-corrected chi connectivity index (χ0v) is 20.3. The Morgan fingerprint density at radius 2 is 1.79 bits per heavy atom. The number of nitrogens with zero attached hydrogens (tertiary/aromatic N) is 1. The third-order valence-electron chi connectivity index (χ3n) is 4.54. The Labute approximate surface area is 193 Å². The number of rotatable bonds is 4. The highest BCUT2D eigenvalue weighted by atomic mass is 127. The molecule has 4 nitrogen and oxygen atoms in total. The predicted molar refractivity (Wildman–Crippen MR) is 131 cm³/mol. The molecule has 7 heteroatoms. The maximum atomic E-state index is 12.6. The van der Waals surface area contributed by atoms with Crippen LogP contribution in [-0.4, -0.2) is 9.97 Å². The molecule has 0 aliphatic heterocycles. The van der Waals surface area contributed by atoms with Crippen LogP contribution in [0.2, 0.25) is 0 Å². The molecule has 4 aromatic rings. The molecule has 0 spiro atoms. The van der Waals surface area contributed by atoms with Gasteiger partial charge in [-0.2, -0.15) is 0 Å². The summed E-state index contributed by atoms with van der Waals surface area (Å²) in [7, 11) is 0. The zero-order chi connectivity index (χ0) is 19.8. The fourth-order valence-corrected chi connectivity index (χ4v) is 6.07. The lowest BCUT2D eigenvalue weighted by Crippen LogP contribution is -2.09. The lowest BCUT2D eigenvalue weighted by Gasteiger charge is -2.12. The molecule has 0 aliphatic rings. The number of H-pyrrole nitrogens is 1. The highest BCUT2D eigenvalue weighted by molar-refractivity contribution is 14.1. The van der Waals surface area contributed by atoms with Crippen molar-refractivity contribution in [1.82, 2.24) is 9.97 Å². The van der Waals surface area contributed by atoms with Gasteiger partial charge < -0.3 is 9.72 Å². The van der Waals surface area contributed by atoms with Crippen LogP contribution in [0.25, 0.3) is 21.6 Å². The molecule has 0 radical (unpaired) electrons. The van der Waals surface area contributed by atoms with Crippen molar-refractivity contribution >= 4 is 66.7 Å². The fraction of sp³-hybridized carbons (Fsp3) is 0.143. The van der Waals surface area contributed by atoms with E-state index in [9.17, 15) is 4.79 Å². The van der Waals surface area contributed by atoms with Gasteiger partial charge in [0.05, 0.1) is 12.5 Å². The van der Waals surface area contributed by atoms with E-state index >= 15 is 0 Å². The lowest BCUT2D eigenvalue weighted by molar-refractivity contribution is 0.302. The number of benzene rings is 2. The first-order valence-electron chi connectivity index (χ1n) is 8.60. The van der Waals surface area contributed by atoms with Crippen molar-refractivity contribution in [2.75, 3.05) is 0 Å². The first-order valence-corrected chi connectivity index (χ1v) is 11.6. The van der Waals surface area contributed by atoms with Crippen molar-refractivity contribution in [2.45, 2.75) is 20.5 Å². The largest absolute Gasteiger partial charge is 0.487 e. The average molecular weight is 614 g/mol. The number of aryl methyl sites for hydroxylation is 2. The monoisotopic (exact) mass is 614 g/mol. The number of aromatic nitrogens is 2. The SMILES string of the molecule is Cc1sc2nc(-c3cc(I)c(OCc4ccccc4)c(I)c3)[nH]c(=O)c2c1C. The molecule has 0 saturated carbocycles. The summed E-state index contributed by atoms with van der Waals surface area (Å²) in [5.74, 6) is 1.43. The lowest BCUT2D eigenvalue weighted by atomic mass is 10.2. The molecule has 0 fully saturated rings. The Morgan fingerprint density at radius 1 is 1.11 bits per heavy atom. The smallest absolute Gasteiger partial charge is 0.260 e. The fourth-order valence-electron chi connectivity index (χ4n) is 2.96. The number of nitrogens with one attached hydrogen (secondary N) is 1. The van der Waals surface area contributed by atoms with E-state index in [-0.39, 0.29) is 5.56 Å². The van der Waals surface area contributed by atoms with Crippen LogP contribution in [-0.2, 0) is 6.61 Å². The molecule has 4 rings (SSSR count). The summed E-state index contributed by atoms with van der Waals surface area (Å²) in [6.45, 7) is 4.50. The summed E-state index contributed by atoms with van der Waals surface area (Å²) >= 11 is 6.10. The van der Waals surface area contributed by atoms with Crippen LogP contribution in [0, 0.1) is 21.0 Å². The number of ether oxygens (including phenoxy) is 1. The van der Waals surface area contributed by atoms with Crippen molar-refractivity contribution in [2.24, 2.45) is 0 Å². The van der Waals surface area contributed by atoms with Gasteiger partial charge in [-0.25, -0.2) is 4.98 Å². The highest BCUT2D eigenvalue weighted by Crippen LogP contribution is 2.33. The van der Waals surface area contributed by atoms with E-state index in [0.717, 1.165) is 39.3 Å². The van der Waals surface area contributed by atoms with Gasteiger partial charge in [-0.1, -0.05) is 30.3 Å². The first kappa shape index (κ1) is 19.8. The number of fused-ring (bicyclic) bond motifs is 1. The van der Waals surface area contributed by atoms with E-state index in [2.05, 4.69) is 50.2 Å². The topological polar surface area (TPSA) is 55.0 Å². The minimum Gasteiger partial charge on any atom is -0.487 e. The third kappa shape index (κ3) is 3.84. The molecule has 0 bridgehead atoms. The maximum Gasteiger partial charge on any atom is 0.260 e. The summed E-state index contributed by atoms with van der Waals surface area (Å²) in [4.78, 5) is 22.1. The minimum absolute atomic E-state index is 0.0868. The van der Waals surface area contributed by atoms with Gasteiger partial charge in [0.1, 0.15) is 23.0 Å². The molecule has 0 aliphatic carbocycles. The van der Waals surface area contributed by atoms with Crippen molar-refractivity contribution < 1.29 is 4.74 Å². The minimum atomic E-state index is -0.0868. The van der Waals surface area contributed by atoms with Crippen molar-refractivity contribution in [3.63, 3.8) is 0 Å². The second kappa shape index (κ2) is 8.11. The predicted octanol–water partition coefficient (Wildman–Crippen LogP) is 6.06. The maximum absolute atomic E-state index is 12.6. The number of halogens is 2. The quantitative estimate of drug-likeness (QED) is 0.285. The van der Waals surface area contributed by atoms with E-state index in [1.165, 1.54) is 0 Å². The van der Waals surface area contributed by atoms with E-state index < -0.39 is 0 Å². The molecule has 2 aromatic carbocycles. The van der Waals surface area contributed by atoms with E-state index in [4.69, 9.17) is 9.72 Å². The zero-order valence-electron chi connectivity index (χ0n) is 15.2. The Morgan fingerprint density at radius 3 is 2.46 bits per heavy atom. The Balaban J connectivity index is 1.70. The van der Waals surface area contributed by atoms with Crippen LogP contribution < -0.4 is 10.3 Å². The molecule has 0 atom stereocenters. The van der Waals surface area contributed by atoms with E-state index in [1.54, 1.807) is 11.3 Å². The molecule has 0 unspecified atom stereocenters. The van der Waals surface area contributed by atoms with Gasteiger partial charge in [-0.3, -0.25) is 4.79 Å². The normalized spacial score (nSPS) is 11.1. The Hall–Kier alpha value is -1.46. The van der Waals surface area contributed by atoms with Gasteiger partial charge in [0, 0.05) is 10.4 Å². The highest BCUT2D eigenvalue weighted by Gasteiger charge is 2.15. The van der Waals surface area contributed by atoms with Crippen LogP contribution >= 0.6 is 56.5 Å². The van der Waals surface area contributed by atoms with Gasteiger partial charge in [-0.05, 0) is 82.3 Å². The summed E-state index contributed by atoms with van der Waals surface area (Å²) in [5, 5.41) is 0.693. The van der Waals surface area contributed by atoms with Gasteiger partial charge in [0.25, 0.3) is 5.56 Å². The second-order valence-electron chi connectivity index (χ2n) is 6.42. The van der Waals surface area contributed by atoms with Crippen LogP contribution in [0.3, 0.4) is 0 Å². The molecule has 0 saturated heterocycles. The number of aromatic amines is 1. The van der Waals surface area contributed by atoms with Crippen molar-refractivity contribution in [3.05, 3.63) is 76.0 Å². The second-order valence-corrected chi connectivity index (χ2v) is 9.95. The number of thiophene rings is 1. The number of hydrogen-bond donors (Lipinski definition) is 1. The van der Waals surface area contributed by atoms with Crippen molar-refractivity contribution in [1.29, 1.82) is 0 Å². The molecule has 142 valence electrons. The first-order chi connectivity index (χ1) is 13.4. The average Bonchev–Trinajstić information content (AvgIpc) is 2.96. The molecule has 2 aromatic heterocycles. The number of hydrogen-bond acceptors (Lipinski definition) is 4. The Kier molecular flexibility index (Phi) is 5.75.